The van der Waals surface area contributed by atoms with Gasteiger partial charge in [-0.3, -0.25) is 0 Å². The van der Waals surface area contributed by atoms with Crippen molar-refractivity contribution in [1.29, 1.82) is 0 Å². The topological polar surface area (TPSA) is 64.7 Å². The van der Waals surface area contributed by atoms with Crippen molar-refractivity contribution in [3.8, 4) is 0 Å². The maximum Gasteiger partial charge on any atom is 0.343 e. The van der Waals surface area contributed by atoms with Crippen LogP contribution in [0.1, 0.15) is 32.6 Å². The third-order valence-corrected chi connectivity index (χ3v) is 3.24. The van der Waals surface area contributed by atoms with Gasteiger partial charge in [-0.2, -0.15) is 0 Å². The molecule has 1 saturated carbocycles. The SMILES string of the molecule is CC1C(=O)ON=C1C1CCCCC1N. The predicted molar refractivity (Wildman–Crippen MR) is 52.6 cm³/mol. The summed E-state index contributed by atoms with van der Waals surface area (Å²) in [5.41, 5.74) is 6.88. The van der Waals surface area contributed by atoms with Crippen LogP contribution in [0.2, 0.25) is 0 Å². The predicted octanol–water partition coefficient (Wildman–Crippen LogP) is 1.05. The van der Waals surface area contributed by atoms with E-state index in [0.717, 1.165) is 18.6 Å². The molecule has 4 heteroatoms. The van der Waals surface area contributed by atoms with Gasteiger partial charge in [0.05, 0.1) is 11.6 Å². The zero-order valence-electron chi connectivity index (χ0n) is 8.40. The lowest BCUT2D eigenvalue weighted by Crippen LogP contribution is -2.40. The highest BCUT2D eigenvalue weighted by atomic mass is 16.7. The fourth-order valence-corrected chi connectivity index (χ4v) is 2.29. The number of oxime groups is 1. The molecule has 0 aromatic carbocycles. The molecule has 0 bridgehead atoms. The lowest BCUT2D eigenvalue weighted by Gasteiger charge is -2.28. The first-order valence-corrected chi connectivity index (χ1v) is 5.24. The van der Waals surface area contributed by atoms with Gasteiger partial charge in [0.2, 0.25) is 0 Å². The van der Waals surface area contributed by atoms with E-state index >= 15 is 0 Å². The summed E-state index contributed by atoms with van der Waals surface area (Å²) in [4.78, 5) is 15.8. The number of hydrogen-bond acceptors (Lipinski definition) is 4. The van der Waals surface area contributed by atoms with Gasteiger partial charge in [0.25, 0.3) is 0 Å². The van der Waals surface area contributed by atoms with E-state index in [0.29, 0.717) is 0 Å². The van der Waals surface area contributed by atoms with E-state index < -0.39 is 0 Å². The minimum atomic E-state index is -0.238. The standard InChI is InChI=1S/C10H16N2O2/c1-6-9(12-14-10(6)13)7-4-2-3-5-8(7)11/h6-8H,2-5,11H2,1H3. The molecule has 2 rings (SSSR count). The van der Waals surface area contributed by atoms with Crippen molar-refractivity contribution in [1.82, 2.24) is 0 Å². The zero-order valence-corrected chi connectivity index (χ0v) is 8.40. The fourth-order valence-electron chi connectivity index (χ4n) is 2.29. The monoisotopic (exact) mass is 196 g/mol. The first-order chi connectivity index (χ1) is 6.70. The Balaban J connectivity index is 2.10. The van der Waals surface area contributed by atoms with Gasteiger partial charge in [-0.05, 0) is 19.8 Å². The molecule has 0 saturated heterocycles. The summed E-state index contributed by atoms with van der Waals surface area (Å²) in [6, 6.07) is 0.152. The first-order valence-electron chi connectivity index (χ1n) is 5.24. The summed E-state index contributed by atoms with van der Waals surface area (Å²) in [6.45, 7) is 1.84. The van der Waals surface area contributed by atoms with Crippen LogP contribution < -0.4 is 5.73 Å². The van der Waals surface area contributed by atoms with E-state index in [1.807, 2.05) is 6.92 Å². The molecule has 0 radical (unpaired) electrons. The van der Waals surface area contributed by atoms with Crippen molar-refractivity contribution in [3.63, 3.8) is 0 Å². The van der Waals surface area contributed by atoms with Crippen LogP contribution in [0.3, 0.4) is 0 Å². The van der Waals surface area contributed by atoms with Crippen molar-refractivity contribution < 1.29 is 9.63 Å². The van der Waals surface area contributed by atoms with Crippen LogP contribution in [-0.4, -0.2) is 17.7 Å². The van der Waals surface area contributed by atoms with E-state index in [1.165, 1.54) is 12.8 Å². The van der Waals surface area contributed by atoms with Crippen LogP contribution in [0.5, 0.6) is 0 Å². The zero-order chi connectivity index (χ0) is 10.1. The first kappa shape index (κ1) is 9.65. The highest BCUT2D eigenvalue weighted by Crippen LogP contribution is 2.29. The molecule has 1 heterocycles. The quantitative estimate of drug-likeness (QED) is 0.637. The molecule has 78 valence electrons. The van der Waals surface area contributed by atoms with E-state index in [-0.39, 0.29) is 23.8 Å². The molecule has 2 aliphatic rings. The number of nitrogens with two attached hydrogens (primary N) is 1. The van der Waals surface area contributed by atoms with Crippen LogP contribution in [0.25, 0.3) is 0 Å². The van der Waals surface area contributed by atoms with Crippen molar-refractivity contribution in [2.75, 3.05) is 0 Å². The molecule has 1 fully saturated rings. The van der Waals surface area contributed by atoms with Gasteiger partial charge in [0.15, 0.2) is 0 Å². The van der Waals surface area contributed by atoms with Crippen LogP contribution in [0.15, 0.2) is 5.16 Å². The van der Waals surface area contributed by atoms with Crippen LogP contribution in [0.4, 0.5) is 0 Å². The third-order valence-electron chi connectivity index (χ3n) is 3.24. The average molecular weight is 196 g/mol. The average Bonchev–Trinajstić information content (AvgIpc) is 2.49. The van der Waals surface area contributed by atoms with E-state index in [9.17, 15) is 4.79 Å². The number of carbonyl (C=O) groups excluding carboxylic acids is 1. The Bertz CT molecular complexity index is 275. The fraction of sp³-hybridized carbons (Fsp3) is 0.800. The summed E-state index contributed by atoms with van der Waals surface area (Å²) in [6.07, 6.45) is 4.44. The molecule has 0 aromatic heterocycles. The number of nitrogens with zero attached hydrogens (tertiary/aromatic N) is 1. The Morgan fingerprint density at radius 1 is 1.43 bits per heavy atom. The van der Waals surface area contributed by atoms with Crippen LogP contribution in [0, 0.1) is 11.8 Å². The van der Waals surface area contributed by atoms with Gasteiger partial charge in [-0.25, -0.2) is 4.79 Å². The highest BCUT2D eigenvalue weighted by molar-refractivity contribution is 6.06. The lowest BCUT2D eigenvalue weighted by molar-refractivity contribution is -0.142. The Labute approximate surface area is 83.5 Å². The normalized spacial score (nSPS) is 38.0. The molecule has 3 unspecified atom stereocenters. The van der Waals surface area contributed by atoms with Gasteiger partial charge in [0.1, 0.15) is 0 Å². The van der Waals surface area contributed by atoms with Gasteiger partial charge < -0.3 is 10.6 Å². The molecule has 0 spiro atoms. The number of rotatable bonds is 1. The van der Waals surface area contributed by atoms with Crippen molar-refractivity contribution in [2.45, 2.75) is 38.6 Å². The van der Waals surface area contributed by atoms with E-state index in [2.05, 4.69) is 9.99 Å². The van der Waals surface area contributed by atoms with Gasteiger partial charge in [-0.15, -0.1) is 0 Å². The molecule has 1 aliphatic carbocycles. The molecular formula is C10H16N2O2. The maximum absolute atomic E-state index is 11.2. The van der Waals surface area contributed by atoms with E-state index in [1.54, 1.807) is 0 Å². The maximum atomic E-state index is 11.2. The molecule has 0 aromatic rings. The van der Waals surface area contributed by atoms with Crippen LogP contribution in [-0.2, 0) is 9.63 Å². The van der Waals surface area contributed by atoms with Crippen LogP contribution >= 0.6 is 0 Å². The Morgan fingerprint density at radius 2 is 2.14 bits per heavy atom. The summed E-state index contributed by atoms with van der Waals surface area (Å²) < 4.78 is 0. The second-order valence-electron chi connectivity index (χ2n) is 4.20. The molecule has 2 N–H and O–H groups in total. The van der Waals surface area contributed by atoms with Gasteiger partial charge in [0, 0.05) is 12.0 Å². The van der Waals surface area contributed by atoms with Crippen molar-refractivity contribution in [3.05, 3.63) is 0 Å². The molecule has 1 aliphatic heterocycles. The number of hydrogen-bond donors (Lipinski definition) is 1. The van der Waals surface area contributed by atoms with Gasteiger partial charge >= 0.3 is 5.97 Å². The second-order valence-corrected chi connectivity index (χ2v) is 4.20. The molecule has 3 atom stereocenters. The van der Waals surface area contributed by atoms with Crippen molar-refractivity contribution in [2.24, 2.45) is 22.7 Å². The molecular weight excluding hydrogens is 180 g/mol. The molecule has 4 nitrogen and oxygen atoms in total. The van der Waals surface area contributed by atoms with Gasteiger partial charge in [-0.1, -0.05) is 18.0 Å². The van der Waals surface area contributed by atoms with E-state index in [4.69, 9.17) is 5.73 Å². The molecule has 14 heavy (non-hydrogen) atoms. The third kappa shape index (κ3) is 1.54. The highest BCUT2D eigenvalue weighted by Gasteiger charge is 2.37. The Morgan fingerprint density at radius 3 is 2.71 bits per heavy atom. The largest absolute Gasteiger partial charge is 0.343 e. The second kappa shape index (κ2) is 3.69. The minimum absolute atomic E-state index is 0.152. The Kier molecular flexibility index (Phi) is 2.54. The molecule has 0 amide bonds. The smallest absolute Gasteiger partial charge is 0.327 e. The summed E-state index contributed by atoms with van der Waals surface area (Å²) >= 11 is 0. The lowest BCUT2D eigenvalue weighted by atomic mass is 9.78. The van der Waals surface area contributed by atoms with Crippen molar-refractivity contribution >= 4 is 11.7 Å². The summed E-state index contributed by atoms with van der Waals surface area (Å²) in [5.74, 6) is -0.174. The minimum Gasteiger partial charge on any atom is -0.327 e. The number of carbonyl (C=O) groups is 1. The summed E-state index contributed by atoms with van der Waals surface area (Å²) in [7, 11) is 0. The Hall–Kier alpha value is -0.900. The summed E-state index contributed by atoms with van der Waals surface area (Å²) in [5, 5.41) is 3.86.